The molecule has 0 unspecified atom stereocenters. The molecule has 0 atom stereocenters. The van der Waals surface area contributed by atoms with Crippen molar-refractivity contribution >= 4 is 17.7 Å². The third-order valence-electron chi connectivity index (χ3n) is 3.76. The second-order valence-electron chi connectivity index (χ2n) is 5.34. The molecule has 1 heteroatoms. The van der Waals surface area contributed by atoms with Crippen LogP contribution >= 0.6 is 0 Å². The largest absolute Gasteiger partial charge is 0.309 e. The van der Waals surface area contributed by atoms with Crippen molar-refractivity contribution in [1.29, 1.82) is 0 Å². The summed E-state index contributed by atoms with van der Waals surface area (Å²) in [6.45, 7) is -1.54. The quantitative estimate of drug-likeness (QED) is 0.636. The molecule has 1 aliphatic carbocycles. The van der Waals surface area contributed by atoms with Gasteiger partial charge in [-0.25, -0.2) is 0 Å². The van der Waals surface area contributed by atoms with Gasteiger partial charge in [0.1, 0.15) is 0 Å². The maximum Gasteiger partial charge on any atom is 0.0394 e. The van der Waals surface area contributed by atoms with Crippen LogP contribution in [0, 0.1) is 0 Å². The average Bonchev–Trinajstić information content (AvgIpc) is 2.72. The minimum absolute atomic E-state index is 0.498. The lowest BCUT2D eigenvalue weighted by atomic mass is 9.93. The molecule has 0 heterocycles. The van der Waals surface area contributed by atoms with Crippen LogP contribution in [-0.2, 0) is 0 Å². The van der Waals surface area contributed by atoms with Gasteiger partial charge in [0.25, 0.3) is 0 Å². The summed E-state index contributed by atoms with van der Waals surface area (Å²) >= 11 is 0. The van der Waals surface area contributed by atoms with Crippen molar-refractivity contribution in [2.24, 2.45) is 0 Å². The highest BCUT2D eigenvalue weighted by atomic mass is 15.2. The van der Waals surface area contributed by atoms with Crippen LogP contribution in [0.25, 0.3) is 17.7 Å². The lowest BCUT2D eigenvalue weighted by Crippen LogP contribution is -2.12. The van der Waals surface area contributed by atoms with Crippen molar-refractivity contribution < 1.29 is 4.11 Å². The molecule has 0 bridgehead atoms. The van der Waals surface area contributed by atoms with Crippen LogP contribution in [0.1, 0.15) is 32.8 Å². The van der Waals surface area contributed by atoms with E-state index in [0.29, 0.717) is 13.0 Å². The molecule has 0 fully saturated rings. The van der Waals surface area contributed by atoms with Gasteiger partial charge in [0.05, 0.1) is 0 Å². The third-order valence-corrected chi connectivity index (χ3v) is 3.76. The van der Waals surface area contributed by atoms with E-state index in [0.717, 1.165) is 0 Å². The number of hydrogen-bond donors (Lipinski definition) is 0. The van der Waals surface area contributed by atoms with Gasteiger partial charge in [0.2, 0.25) is 0 Å². The third kappa shape index (κ3) is 2.98. The highest BCUT2D eigenvalue weighted by Crippen LogP contribution is 2.33. The van der Waals surface area contributed by atoms with E-state index in [9.17, 15) is 0 Å². The maximum absolute atomic E-state index is 7.46. The maximum atomic E-state index is 7.46. The van der Waals surface area contributed by atoms with E-state index in [4.69, 9.17) is 4.11 Å². The van der Waals surface area contributed by atoms with Gasteiger partial charge in [-0.1, -0.05) is 66.8 Å². The Balaban J connectivity index is 1.97. The Bertz CT molecular complexity index is 736. The minimum atomic E-state index is -2.04. The Morgan fingerprint density at radius 1 is 0.952 bits per heavy atom. The molecular formula is C20H21N. The van der Waals surface area contributed by atoms with Crippen LogP contribution in [0.2, 0.25) is 0 Å². The smallest absolute Gasteiger partial charge is 0.0394 e. The summed E-state index contributed by atoms with van der Waals surface area (Å²) < 4.78 is 22.4. The molecule has 1 aliphatic rings. The Kier molecular flexibility index (Phi) is 3.08. The van der Waals surface area contributed by atoms with Crippen molar-refractivity contribution in [3.8, 4) is 0 Å². The lowest BCUT2D eigenvalue weighted by molar-refractivity contribution is 0.417. The highest BCUT2D eigenvalue weighted by molar-refractivity contribution is 5.93. The molecule has 0 aromatic heterocycles. The van der Waals surface area contributed by atoms with Crippen molar-refractivity contribution in [1.82, 2.24) is 4.90 Å². The molecule has 0 saturated carbocycles. The van der Waals surface area contributed by atoms with Crippen LogP contribution in [0.5, 0.6) is 0 Å². The fourth-order valence-electron chi connectivity index (χ4n) is 2.72. The average molecular weight is 279 g/mol. The van der Waals surface area contributed by atoms with Crippen LogP contribution < -0.4 is 0 Å². The van der Waals surface area contributed by atoms with Crippen molar-refractivity contribution in [3.63, 3.8) is 0 Å². The molecule has 0 radical (unpaired) electrons. The van der Waals surface area contributed by atoms with Crippen molar-refractivity contribution in [2.45, 2.75) is 6.42 Å². The minimum Gasteiger partial charge on any atom is -0.309 e. The van der Waals surface area contributed by atoms with Gasteiger partial charge in [0.15, 0.2) is 0 Å². The first-order chi connectivity index (χ1) is 11.5. The summed E-state index contributed by atoms with van der Waals surface area (Å²) in [4.78, 5) is 1.41. The molecule has 0 amide bonds. The number of benzene rings is 2. The first-order valence-electron chi connectivity index (χ1n) is 8.75. The molecule has 106 valence electrons. The molecular weight excluding hydrogens is 255 g/mol. The van der Waals surface area contributed by atoms with Crippen molar-refractivity contribution in [2.75, 3.05) is 20.6 Å². The van der Waals surface area contributed by atoms with Gasteiger partial charge in [-0.3, -0.25) is 0 Å². The van der Waals surface area contributed by atoms with Gasteiger partial charge in [-0.15, -0.1) is 0 Å². The molecule has 2 aromatic carbocycles. The number of rotatable bonds is 3. The monoisotopic (exact) mass is 279 g/mol. The number of fused-ring (bicyclic) bond motifs is 2. The summed E-state index contributed by atoms with van der Waals surface area (Å²) in [5.74, 6) is 0. The first kappa shape index (κ1) is 10.6. The van der Waals surface area contributed by atoms with Gasteiger partial charge < -0.3 is 4.90 Å². The van der Waals surface area contributed by atoms with Crippen LogP contribution in [0.15, 0.2) is 54.6 Å². The van der Waals surface area contributed by atoms with E-state index < -0.39 is 6.98 Å². The fourth-order valence-corrected chi connectivity index (χ4v) is 2.72. The molecule has 0 spiro atoms. The van der Waals surface area contributed by atoms with Crippen molar-refractivity contribution in [3.05, 3.63) is 76.9 Å². The van der Waals surface area contributed by atoms with E-state index in [1.165, 1.54) is 32.7 Å². The number of nitrogens with zero attached hydrogens (tertiary/aromatic N) is 1. The topological polar surface area (TPSA) is 3.24 Å². The van der Waals surface area contributed by atoms with E-state index in [2.05, 4.69) is 42.5 Å². The normalized spacial score (nSPS) is 15.5. The van der Waals surface area contributed by atoms with E-state index in [1.807, 2.05) is 24.3 Å². The molecule has 0 saturated heterocycles. The zero-order valence-corrected chi connectivity index (χ0v) is 12.2. The molecule has 0 aliphatic heterocycles. The first-order valence-corrected chi connectivity index (χ1v) is 7.25. The molecule has 3 rings (SSSR count). The Morgan fingerprint density at radius 2 is 1.52 bits per heavy atom. The summed E-state index contributed by atoms with van der Waals surface area (Å²) in [5, 5.41) is 0. The SMILES string of the molecule is [2H][13C]([2H])([2H])N(C)CCC=C1c2ccccc2C=Cc2ccccc21. The van der Waals surface area contributed by atoms with E-state index >= 15 is 0 Å². The lowest BCUT2D eigenvalue weighted by Gasteiger charge is -2.13. The summed E-state index contributed by atoms with van der Waals surface area (Å²) in [6.07, 6.45) is 7.13. The summed E-state index contributed by atoms with van der Waals surface area (Å²) in [6, 6.07) is 16.6. The number of hydrogen-bond acceptors (Lipinski definition) is 1. The Labute approximate surface area is 131 Å². The molecule has 2 aromatic rings. The summed E-state index contributed by atoms with van der Waals surface area (Å²) in [7, 11) is 1.64. The summed E-state index contributed by atoms with van der Waals surface area (Å²) in [5.41, 5.74) is 5.92. The van der Waals surface area contributed by atoms with E-state index in [-0.39, 0.29) is 0 Å². The molecule has 0 N–H and O–H groups in total. The fraction of sp³-hybridized carbons (Fsp3) is 0.200. The van der Waals surface area contributed by atoms with Gasteiger partial charge in [-0.2, -0.15) is 0 Å². The van der Waals surface area contributed by atoms with Gasteiger partial charge in [0, 0.05) is 10.7 Å². The second-order valence-corrected chi connectivity index (χ2v) is 5.34. The van der Waals surface area contributed by atoms with E-state index in [1.54, 1.807) is 7.05 Å². The Hall–Kier alpha value is -2.12. The second kappa shape index (κ2) is 6.11. The molecule has 21 heavy (non-hydrogen) atoms. The predicted octanol–water partition coefficient (Wildman–Crippen LogP) is 4.55. The zero-order valence-electron chi connectivity index (χ0n) is 15.2. The van der Waals surface area contributed by atoms with Crippen LogP contribution in [0.3, 0.4) is 0 Å². The highest BCUT2D eigenvalue weighted by Gasteiger charge is 2.13. The Morgan fingerprint density at radius 3 is 2.10 bits per heavy atom. The van der Waals surface area contributed by atoms with Crippen LogP contribution in [-0.4, -0.2) is 25.5 Å². The zero-order chi connectivity index (χ0) is 17.2. The van der Waals surface area contributed by atoms with Gasteiger partial charge >= 0.3 is 0 Å². The van der Waals surface area contributed by atoms with Crippen LogP contribution in [0.4, 0.5) is 0 Å². The van der Waals surface area contributed by atoms with Gasteiger partial charge in [-0.05, 0) is 48.3 Å². The molecule has 1 nitrogen and oxygen atoms in total. The predicted molar refractivity (Wildman–Crippen MR) is 92.1 cm³/mol. The standard InChI is InChI=1S/C20H21N/c1-21(2)15-7-12-20-18-10-5-3-8-16(18)13-14-17-9-4-6-11-19(17)20/h3-6,8-14H,7,15H2,1-2H3/i1+1D3.